The molecular formula is C32H72O10Si2Zr. The van der Waals surface area contributed by atoms with Gasteiger partial charge in [-0.2, -0.15) is 0 Å². The Bertz CT molecular complexity index is 720. The summed E-state index contributed by atoms with van der Waals surface area (Å²) in [4.78, 5) is 0. The minimum absolute atomic E-state index is 0.120. The monoisotopic (exact) mass is 762 g/mol. The fourth-order valence-electron chi connectivity index (χ4n) is 3.52. The molecule has 0 aliphatic heterocycles. The van der Waals surface area contributed by atoms with E-state index in [-0.39, 0.29) is 25.0 Å². The van der Waals surface area contributed by atoms with Gasteiger partial charge in [0.15, 0.2) is 0 Å². The predicted octanol–water partition coefficient (Wildman–Crippen LogP) is 8.94. The summed E-state index contributed by atoms with van der Waals surface area (Å²) < 4.78 is 68.3. The molecule has 0 aliphatic carbocycles. The Morgan fingerprint density at radius 1 is 0.378 bits per heavy atom. The first-order chi connectivity index (χ1) is 19.5. The number of hydrogen-bond acceptors (Lipinski definition) is 10. The molecule has 0 saturated heterocycles. The van der Waals surface area contributed by atoms with Gasteiger partial charge in [0.05, 0.1) is 0 Å². The molecular weight excluding hydrogens is 692 g/mol. The fourth-order valence-corrected chi connectivity index (χ4v) is 21.4. The van der Waals surface area contributed by atoms with E-state index in [1.165, 1.54) is 0 Å². The van der Waals surface area contributed by atoms with Gasteiger partial charge in [0.1, 0.15) is 0 Å². The molecule has 0 spiro atoms. The summed E-state index contributed by atoms with van der Waals surface area (Å²) in [6.07, 6.45) is 0. The first-order valence-corrected chi connectivity index (χ1v) is 23.7. The molecule has 272 valence electrons. The van der Waals surface area contributed by atoms with E-state index in [2.05, 4.69) is 27.7 Å². The van der Waals surface area contributed by atoms with Crippen LogP contribution in [0.3, 0.4) is 0 Å². The summed E-state index contributed by atoms with van der Waals surface area (Å²) in [7, 11) is -8.37. The molecule has 0 amide bonds. The van der Waals surface area contributed by atoms with Crippen LogP contribution in [-0.2, 0) is 59.2 Å². The zero-order valence-electron chi connectivity index (χ0n) is 33.2. The van der Waals surface area contributed by atoms with Gasteiger partial charge >= 0.3 is 288 Å². The molecule has 45 heavy (non-hydrogen) atoms. The molecule has 0 atom stereocenters. The Kier molecular flexibility index (Phi) is 16.6. The van der Waals surface area contributed by atoms with Crippen molar-refractivity contribution in [3.8, 4) is 0 Å². The van der Waals surface area contributed by atoms with Gasteiger partial charge in [0, 0.05) is 0 Å². The van der Waals surface area contributed by atoms with E-state index >= 15 is 0 Å². The van der Waals surface area contributed by atoms with E-state index in [9.17, 15) is 0 Å². The van der Waals surface area contributed by atoms with Crippen LogP contribution in [0.5, 0.6) is 0 Å². The second kappa shape index (κ2) is 16.3. The summed E-state index contributed by atoms with van der Waals surface area (Å²) in [5, 5.41) is 0. The third kappa shape index (κ3) is 22.3. The Hall–Kier alpha value is 0.917. The van der Waals surface area contributed by atoms with E-state index in [0.29, 0.717) is 0 Å². The van der Waals surface area contributed by atoms with Gasteiger partial charge in [-0.05, 0) is 0 Å². The maximum absolute atomic E-state index is 7.16. The topological polar surface area (TPSA) is 92.3 Å². The summed E-state index contributed by atoms with van der Waals surface area (Å²) in [5.74, 6) is 0.239. The molecule has 0 bridgehead atoms. The van der Waals surface area contributed by atoms with E-state index in [1.807, 2.05) is 125 Å². The van der Waals surface area contributed by atoms with Crippen molar-refractivity contribution in [3.63, 3.8) is 0 Å². The van der Waals surface area contributed by atoms with E-state index in [4.69, 9.17) is 37.2 Å². The zero-order chi connectivity index (χ0) is 36.1. The van der Waals surface area contributed by atoms with Crippen LogP contribution < -0.4 is 0 Å². The molecule has 13 heteroatoms. The van der Waals surface area contributed by atoms with Gasteiger partial charge in [0.2, 0.25) is 0 Å². The molecule has 0 aromatic heterocycles. The van der Waals surface area contributed by atoms with Crippen molar-refractivity contribution < 1.29 is 59.2 Å². The average Bonchev–Trinajstić information content (AvgIpc) is 2.61. The summed E-state index contributed by atoms with van der Waals surface area (Å²) >= 11 is -5.51. The second-order valence-electron chi connectivity index (χ2n) is 18.4. The van der Waals surface area contributed by atoms with Gasteiger partial charge in [-0.15, -0.1) is 0 Å². The molecule has 0 radical (unpaired) electrons. The van der Waals surface area contributed by atoms with Crippen molar-refractivity contribution in [2.24, 2.45) is 11.8 Å². The number of hydrogen-bond donors (Lipinski definition) is 0. The Morgan fingerprint density at radius 3 is 0.689 bits per heavy atom. The van der Waals surface area contributed by atoms with Crippen LogP contribution in [0.15, 0.2) is 0 Å². The summed E-state index contributed by atoms with van der Waals surface area (Å²) in [6, 6.07) is 0. The van der Waals surface area contributed by atoms with Crippen LogP contribution in [0.2, 0.25) is 0 Å². The average molecular weight is 764 g/mol. The van der Waals surface area contributed by atoms with Crippen molar-refractivity contribution in [2.75, 3.05) is 13.2 Å². The Balaban J connectivity index is 7.98. The van der Waals surface area contributed by atoms with Crippen molar-refractivity contribution in [2.45, 2.75) is 186 Å². The molecule has 10 nitrogen and oxygen atoms in total. The molecule has 0 heterocycles. The van der Waals surface area contributed by atoms with Crippen molar-refractivity contribution in [1.82, 2.24) is 0 Å². The Morgan fingerprint density at radius 2 is 0.556 bits per heavy atom. The molecule has 0 aromatic carbocycles. The summed E-state index contributed by atoms with van der Waals surface area (Å²) in [5.41, 5.74) is -4.35. The fraction of sp³-hybridized carbons (Fsp3) is 1.00. The molecule has 0 aliphatic rings. The Labute approximate surface area is 287 Å². The first kappa shape index (κ1) is 45.9. The third-order valence-corrected chi connectivity index (χ3v) is 20.4. The van der Waals surface area contributed by atoms with E-state index in [1.54, 1.807) is 0 Å². The SMILES string of the molecule is CC(C)C[O][Zr]([O]CC(C)C)([O][Si](OC(C)(C)C)(OC(C)(C)C)OC(C)(C)C)[O][Si](OC(C)(C)C)(OC(C)(C)C)OC(C)(C)C. The van der Waals surface area contributed by atoms with Crippen LogP contribution in [-0.4, -0.2) is 64.9 Å². The molecule has 0 N–H and O–H groups in total. The third-order valence-electron chi connectivity index (χ3n) is 4.27. The van der Waals surface area contributed by atoms with Gasteiger partial charge in [-0.1, -0.05) is 0 Å². The van der Waals surface area contributed by atoms with Crippen LogP contribution in [0.1, 0.15) is 152 Å². The van der Waals surface area contributed by atoms with Crippen LogP contribution in [0.4, 0.5) is 0 Å². The quantitative estimate of drug-likeness (QED) is 0.142. The van der Waals surface area contributed by atoms with Crippen LogP contribution in [0.25, 0.3) is 0 Å². The van der Waals surface area contributed by atoms with Gasteiger partial charge in [-0.25, -0.2) is 0 Å². The van der Waals surface area contributed by atoms with E-state index < -0.39 is 73.7 Å². The van der Waals surface area contributed by atoms with Gasteiger partial charge < -0.3 is 0 Å². The standard InChI is InChI=1S/2C12H27O4Si.2C4H9O.Zr/c2*1-10(2,3)14-17(13,15-11(4,5)6)16-12(7,8)9;2*1-4(2)3-5;/h2*1-9H3;2*4H,3H2,1-2H3;/q4*-1;+4. The van der Waals surface area contributed by atoms with Crippen LogP contribution in [0, 0.1) is 11.8 Å². The minimum atomic E-state index is -5.51. The maximum atomic E-state index is 7.16. The van der Waals surface area contributed by atoms with E-state index in [0.717, 1.165) is 0 Å². The van der Waals surface area contributed by atoms with Gasteiger partial charge in [-0.3, -0.25) is 0 Å². The molecule has 0 fully saturated rings. The predicted molar refractivity (Wildman–Crippen MR) is 180 cm³/mol. The molecule has 0 saturated carbocycles. The normalized spacial score (nSPS) is 15.5. The summed E-state index contributed by atoms with van der Waals surface area (Å²) in [6.45, 7) is 43.6. The van der Waals surface area contributed by atoms with Crippen molar-refractivity contribution in [3.05, 3.63) is 0 Å². The van der Waals surface area contributed by atoms with Gasteiger partial charge in [0.25, 0.3) is 0 Å². The second-order valence-corrected chi connectivity index (χ2v) is 28.9. The molecule has 0 unspecified atom stereocenters. The molecule has 0 aromatic rings. The zero-order valence-corrected chi connectivity index (χ0v) is 37.6. The number of rotatable bonds is 16. The van der Waals surface area contributed by atoms with Crippen LogP contribution >= 0.6 is 0 Å². The van der Waals surface area contributed by atoms with Crippen molar-refractivity contribution >= 4 is 18.1 Å². The first-order valence-electron chi connectivity index (χ1n) is 16.4. The van der Waals surface area contributed by atoms with Crippen molar-refractivity contribution in [1.29, 1.82) is 0 Å². The molecule has 0 rings (SSSR count).